The molecule has 178 valence electrons. The van der Waals surface area contributed by atoms with Crippen molar-refractivity contribution in [3.63, 3.8) is 0 Å². The molecule has 0 bridgehead atoms. The quantitative estimate of drug-likeness (QED) is 0.428. The van der Waals surface area contributed by atoms with Gasteiger partial charge in [0.1, 0.15) is 0 Å². The fourth-order valence-corrected chi connectivity index (χ4v) is 4.33. The van der Waals surface area contributed by atoms with Gasteiger partial charge in [-0.2, -0.15) is 4.57 Å². The SMILES string of the molecule is CC(C)C[n+]1c(O)c(C(=O)NC2CC2)c(=O)n2[nH]cc(/C=C/C(=O)N3CCN(C)C[C@@H]3C)c21. The zero-order chi connectivity index (χ0) is 23.9. The van der Waals surface area contributed by atoms with Gasteiger partial charge in [0.05, 0.1) is 18.3 Å². The van der Waals surface area contributed by atoms with Gasteiger partial charge in [-0.25, -0.2) is 9.89 Å². The van der Waals surface area contributed by atoms with Crippen molar-refractivity contribution in [2.24, 2.45) is 5.92 Å². The third kappa shape index (κ3) is 4.66. The second kappa shape index (κ2) is 9.01. The number of amides is 2. The predicted octanol–water partition coefficient (Wildman–Crippen LogP) is 0.345. The van der Waals surface area contributed by atoms with Crippen LogP contribution in [0.4, 0.5) is 0 Å². The number of likely N-dealkylation sites (N-methyl/N-ethyl adjacent to an activating group) is 1. The Balaban J connectivity index is 1.72. The van der Waals surface area contributed by atoms with Gasteiger partial charge in [0.25, 0.3) is 5.91 Å². The Morgan fingerprint density at radius 3 is 2.70 bits per heavy atom. The van der Waals surface area contributed by atoms with Crippen molar-refractivity contribution >= 4 is 23.5 Å². The first-order valence-corrected chi connectivity index (χ1v) is 11.5. The van der Waals surface area contributed by atoms with Crippen molar-refractivity contribution in [1.29, 1.82) is 0 Å². The van der Waals surface area contributed by atoms with Crippen molar-refractivity contribution in [2.75, 3.05) is 26.7 Å². The summed E-state index contributed by atoms with van der Waals surface area (Å²) in [6.07, 6.45) is 6.50. The Morgan fingerprint density at radius 2 is 2.06 bits per heavy atom. The summed E-state index contributed by atoms with van der Waals surface area (Å²) in [4.78, 5) is 42.6. The smallest absolute Gasteiger partial charge is 0.378 e. The number of aromatic amines is 1. The molecule has 2 amide bonds. The van der Waals surface area contributed by atoms with Crippen LogP contribution in [0.15, 0.2) is 17.1 Å². The molecular formula is C23H33N6O4+. The summed E-state index contributed by atoms with van der Waals surface area (Å²) in [7, 11) is 2.04. The highest BCUT2D eigenvalue weighted by atomic mass is 16.3. The van der Waals surface area contributed by atoms with Gasteiger partial charge in [-0.15, -0.1) is 0 Å². The molecule has 2 aliphatic rings. The van der Waals surface area contributed by atoms with E-state index >= 15 is 0 Å². The molecule has 1 saturated carbocycles. The molecule has 1 saturated heterocycles. The van der Waals surface area contributed by atoms with E-state index in [2.05, 4.69) is 15.3 Å². The highest BCUT2D eigenvalue weighted by molar-refractivity contribution is 5.96. The molecule has 0 radical (unpaired) electrons. The molecule has 3 N–H and O–H groups in total. The van der Waals surface area contributed by atoms with Gasteiger partial charge in [-0.1, -0.05) is 18.4 Å². The summed E-state index contributed by atoms with van der Waals surface area (Å²) < 4.78 is 2.82. The largest absolute Gasteiger partial charge is 0.477 e. The summed E-state index contributed by atoms with van der Waals surface area (Å²) >= 11 is 0. The Labute approximate surface area is 192 Å². The summed E-state index contributed by atoms with van der Waals surface area (Å²) in [6, 6.07) is 0.162. The lowest BCUT2D eigenvalue weighted by Gasteiger charge is -2.37. The maximum atomic E-state index is 13.1. The van der Waals surface area contributed by atoms with Gasteiger partial charge < -0.3 is 20.2 Å². The molecule has 3 heterocycles. The highest BCUT2D eigenvalue weighted by Gasteiger charge is 2.34. The molecule has 1 atom stereocenters. The van der Waals surface area contributed by atoms with Crippen LogP contribution in [0.1, 0.15) is 49.5 Å². The standard InChI is InChI=1S/C23H32N6O4/c1-14(2)12-28-21-16(5-8-18(30)27-10-9-26(4)13-15(27)3)11-24-29(21)23(33)19(22(28)32)20(31)25-17-6-7-17/h5,8,11,14-15,17H,6-7,9-10,12-13H2,1-4H3,(H2,25,31,32,33)/p+1/b8-5+/t15-/m0/s1. The first kappa shape index (κ1) is 23.0. The Hall–Kier alpha value is -3.14. The summed E-state index contributed by atoms with van der Waals surface area (Å²) in [6.45, 7) is 8.67. The van der Waals surface area contributed by atoms with Crippen LogP contribution in [0.3, 0.4) is 0 Å². The van der Waals surface area contributed by atoms with Crippen LogP contribution in [0, 0.1) is 5.92 Å². The van der Waals surface area contributed by atoms with Crippen LogP contribution in [0.5, 0.6) is 5.88 Å². The van der Waals surface area contributed by atoms with Crippen LogP contribution in [-0.4, -0.2) is 75.1 Å². The lowest BCUT2D eigenvalue weighted by molar-refractivity contribution is -0.686. The molecule has 0 unspecified atom stereocenters. The van der Waals surface area contributed by atoms with Gasteiger partial charge >= 0.3 is 17.1 Å². The Morgan fingerprint density at radius 1 is 1.33 bits per heavy atom. The number of hydrogen-bond acceptors (Lipinski definition) is 5. The van der Waals surface area contributed by atoms with E-state index in [0.29, 0.717) is 24.3 Å². The number of hydrogen-bond donors (Lipinski definition) is 3. The van der Waals surface area contributed by atoms with Gasteiger partial charge in [0.2, 0.25) is 11.5 Å². The zero-order valence-electron chi connectivity index (χ0n) is 19.7. The fourth-order valence-electron chi connectivity index (χ4n) is 4.33. The van der Waals surface area contributed by atoms with Crippen LogP contribution < -0.4 is 15.4 Å². The number of H-pyrrole nitrogens is 1. The van der Waals surface area contributed by atoms with Crippen molar-refractivity contribution in [3.8, 4) is 5.88 Å². The number of nitrogens with one attached hydrogen (secondary N) is 2. The van der Waals surface area contributed by atoms with Crippen LogP contribution in [0.25, 0.3) is 11.7 Å². The van der Waals surface area contributed by atoms with Gasteiger partial charge in [-0.3, -0.25) is 9.59 Å². The molecule has 10 nitrogen and oxygen atoms in total. The third-order valence-corrected chi connectivity index (χ3v) is 6.18. The summed E-state index contributed by atoms with van der Waals surface area (Å²) in [5.74, 6) is -0.892. The molecule has 2 aromatic rings. The molecule has 10 heteroatoms. The first-order chi connectivity index (χ1) is 15.7. The lowest BCUT2D eigenvalue weighted by atomic mass is 10.2. The van der Waals surface area contributed by atoms with Crippen molar-refractivity contribution < 1.29 is 19.3 Å². The van der Waals surface area contributed by atoms with Crippen LogP contribution >= 0.6 is 0 Å². The monoisotopic (exact) mass is 457 g/mol. The van der Waals surface area contributed by atoms with Crippen molar-refractivity contribution in [3.05, 3.63) is 33.8 Å². The fraction of sp³-hybridized carbons (Fsp3) is 0.565. The predicted molar refractivity (Wildman–Crippen MR) is 123 cm³/mol. The van der Waals surface area contributed by atoms with E-state index in [0.717, 1.165) is 25.9 Å². The summed E-state index contributed by atoms with van der Waals surface area (Å²) in [5.41, 5.74) is 0.0797. The maximum absolute atomic E-state index is 13.1. The second-order valence-electron chi connectivity index (χ2n) is 9.62. The Kier molecular flexibility index (Phi) is 6.29. The normalized spacial score (nSPS) is 19.7. The molecular weight excluding hydrogens is 424 g/mol. The van der Waals surface area contributed by atoms with Gasteiger partial charge in [-0.05, 0) is 38.8 Å². The molecule has 1 aliphatic heterocycles. The van der Waals surface area contributed by atoms with E-state index in [4.69, 9.17) is 0 Å². The molecule has 2 aromatic heterocycles. The number of rotatable bonds is 6. The third-order valence-electron chi connectivity index (χ3n) is 6.18. The average molecular weight is 458 g/mol. The molecule has 4 rings (SSSR count). The Bertz CT molecular complexity index is 1160. The molecule has 33 heavy (non-hydrogen) atoms. The number of aromatic nitrogens is 3. The van der Waals surface area contributed by atoms with Crippen LogP contribution in [0.2, 0.25) is 0 Å². The number of fused-ring (bicyclic) bond motifs is 1. The minimum atomic E-state index is -0.626. The van der Waals surface area contributed by atoms with Crippen LogP contribution in [-0.2, 0) is 11.3 Å². The zero-order valence-corrected chi connectivity index (χ0v) is 19.7. The number of carbonyl (C=O) groups is 2. The van der Waals surface area contributed by atoms with E-state index < -0.39 is 11.5 Å². The van der Waals surface area contributed by atoms with Crippen molar-refractivity contribution in [2.45, 2.75) is 52.2 Å². The minimum Gasteiger partial charge on any atom is -0.477 e. The number of carbonyl (C=O) groups excluding carboxylic acids is 2. The minimum absolute atomic E-state index is 0.0562. The van der Waals surface area contributed by atoms with Gasteiger partial charge in [0, 0.05) is 37.8 Å². The van der Waals surface area contributed by atoms with E-state index in [-0.39, 0.29) is 35.4 Å². The van der Waals surface area contributed by atoms with E-state index in [9.17, 15) is 19.5 Å². The molecule has 1 aliphatic carbocycles. The highest BCUT2D eigenvalue weighted by Crippen LogP contribution is 2.21. The number of aromatic hydroxyl groups is 1. The summed E-state index contributed by atoms with van der Waals surface area (Å²) in [5, 5.41) is 16.6. The lowest BCUT2D eigenvalue weighted by Crippen LogP contribution is -2.52. The second-order valence-corrected chi connectivity index (χ2v) is 9.62. The molecule has 0 aromatic carbocycles. The van der Waals surface area contributed by atoms with E-state index in [1.807, 2.05) is 32.7 Å². The van der Waals surface area contributed by atoms with E-state index in [1.165, 1.54) is 10.6 Å². The molecule has 0 spiro atoms. The average Bonchev–Trinajstić information content (AvgIpc) is 3.44. The number of nitrogens with zero attached hydrogens (tertiary/aromatic N) is 4. The maximum Gasteiger partial charge on any atom is 0.378 e. The number of piperazine rings is 1. The molecule has 2 fully saturated rings. The van der Waals surface area contributed by atoms with Crippen molar-refractivity contribution in [1.82, 2.24) is 24.7 Å². The topological polar surface area (TPSA) is 114 Å². The first-order valence-electron chi connectivity index (χ1n) is 11.5. The van der Waals surface area contributed by atoms with Gasteiger partial charge in [0.15, 0.2) is 0 Å². The van der Waals surface area contributed by atoms with E-state index in [1.54, 1.807) is 16.8 Å².